The lowest BCUT2D eigenvalue weighted by molar-refractivity contribution is -0.155. The zero-order valence-electron chi connectivity index (χ0n) is 49.7. The second-order valence-corrected chi connectivity index (χ2v) is 24.1. The predicted molar refractivity (Wildman–Crippen MR) is 305 cm³/mol. The van der Waals surface area contributed by atoms with Gasteiger partial charge in [-0.05, 0) is 109 Å². The summed E-state index contributed by atoms with van der Waals surface area (Å²) in [6, 6.07) is 4.03. The van der Waals surface area contributed by atoms with Crippen molar-refractivity contribution in [2.45, 2.75) is 176 Å². The first kappa shape index (κ1) is 72.6. The van der Waals surface area contributed by atoms with Gasteiger partial charge in [-0.2, -0.15) is 4.31 Å². The quantitative estimate of drug-likeness (QED) is 0.0233. The van der Waals surface area contributed by atoms with Crippen molar-refractivity contribution in [1.82, 2.24) is 31.1 Å². The lowest BCUT2D eigenvalue weighted by Gasteiger charge is -2.33. The molecule has 0 aromatic heterocycles. The lowest BCUT2D eigenvalue weighted by Crippen LogP contribution is -2.57. The highest BCUT2D eigenvalue weighted by molar-refractivity contribution is 7.61. The average Bonchev–Trinajstić information content (AvgIpc) is 3.54. The molecule has 11 atom stereocenters. The Morgan fingerprint density at radius 2 is 1.45 bits per heavy atom. The van der Waals surface area contributed by atoms with E-state index in [0.717, 1.165) is 4.90 Å². The fraction of sp³-hybridized carbons (Fsp3) is 0.673. The number of amides is 6. The summed E-state index contributed by atoms with van der Waals surface area (Å²) >= 11 is 0. The third-order valence-corrected chi connectivity index (χ3v) is 16.4. The third kappa shape index (κ3) is 26.0. The molecule has 2 unspecified atom stereocenters. The van der Waals surface area contributed by atoms with Crippen molar-refractivity contribution < 1.29 is 84.8 Å². The molecule has 1 aliphatic rings. The Balaban J connectivity index is 2.51. The zero-order valence-corrected chi connectivity index (χ0v) is 51.5. The molecule has 1 heterocycles. The van der Waals surface area contributed by atoms with Crippen molar-refractivity contribution in [3.63, 3.8) is 0 Å². The average molecular weight is 1200 g/mol. The minimum Gasteiger partial charge on any atom is -0.456 e. The largest absolute Gasteiger partial charge is 0.481 e. The molecule has 25 nitrogen and oxygen atoms in total. The number of nitrogens with zero attached hydrogens (tertiary/aromatic N) is 2. The number of ether oxygens (including phenoxy) is 3. The van der Waals surface area contributed by atoms with Gasteiger partial charge in [0.05, 0.1) is 19.8 Å². The zero-order chi connectivity index (χ0) is 61.9. The normalized spacial score (nSPS) is 25.5. The molecule has 27 heteroatoms. The van der Waals surface area contributed by atoms with Gasteiger partial charge in [0.2, 0.25) is 23.6 Å². The van der Waals surface area contributed by atoms with E-state index in [1.54, 1.807) is 64.1 Å². The molecule has 0 spiro atoms. The number of likely N-dealkylation sites (N-methyl/N-ethyl adjacent to an activating group) is 2. The Labute approximate surface area is 483 Å². The van der Waals surface area contributed by atoms with E-state index in [1.165, 1.54) is 45.8 Å². The maximum absolute atomic E-state index is 14.3. The SMILES string of the molecule is C/C=C(\C)[C@H]1OC(=O)[C@@H](C)NC(=O)[C@H]([C@H](C)CC)NC(=O)CN(C)C(=O)[C@@H](Cc2ccccc2)N(C)C(=O)[C@H](C)NC(=O)[C@@H](CC(C)C)OC(=O)/C(C)=C/C[C@H](OC(=O)NCCCCCOP(=O)(O)OP(=O)(O)OCCCCCN)[C@@H]1C. The van der Waals surface area contributed by atoms with Gasteiger partial charge in [-0.1, -0.05) is 83.5 Å². The topological polar surface area (TPSA) is 347 Å². The van der Waals surface area contributed by atoms with Crippen molar-refractivity contribution >= 4 is 63.2 Å². The van der Waals surface area contributed by atoms with E-state index in [9.17, 15) is 57.3 Å². The van der Waals surface area contributed by atoms with Crippen molar-refractivity contribution in [1.29, 1.82) is 0 Å². The molecule has 2 rings (SSSR count). The van der Waals surface area contributed by atoms with Gasteiger partial charge in [0.15, 0.2) is 6.10 Å². The molecule has 0 bridgehead atoms. The second-order valence-electron chi connectivity index (χ2n) is 21.1. The van der Waals surface area contributed by atoms with Crippen LogP contribution in [-0.2, 0) is 76.7 Å². The highest BCUT2D eigenvalue weighted by Crippen LogP contribution is 2.60. The van der Waals surface area contributed by atoms with Crippen LogP contribution in [-0.4, -0.2) is 157 Å². The molecule has 0 fully saturated rings. The molecular formula is C55H91N7O18P2. The number of benzene rings is 1. The fourth-order valence-electron chi connectivity index (χ4n) is 8.43. The number of allylic oxidation sites excluding steroid dienone is 1. The van der Waals surface area contributed by atoms with Crippen LogP contribution >= 0.6 is 15.6 Å². The summed E-state index contributed by atoms with van der Waals surface area (Å²) in [6.07, 6.45) is 1.49. The van der Waals surface area contributed by atoms with Crippen molar-refractivity contribution in [3.8, 4) is 0 Å². The number of phosphoric ester groups is 2. The van der Waals surface area contributed by atoms with Crippen molar-refractivity contribution in [3.05, 3.63) is 59.2 Å². The standard InChI is InChI=1S/C55H91N7O18P2/c1-13-36(5)47-50(65)59-41(10)54(69)79-48(37(6)14-2)39(8)44(78-55(70)57-29-21-17-23-31-76-82(73,74)80-81(71,72)75-30-22-16-20-28-56)27-26-38(7)53(68)77-45(32-35(3)4)49(64)58-40(9)51(66)62(12)43(33-42-24-18-15-19-25-42)52(67)61(11)34-46(63)60-47/h14-15,18-19,24-26,35-36,39-41,43-45,47-48H,13,16-17,20-23,27-34,56H2,1-12H3,(H,57,70)(H,58,64)(H,59,65)(H,60,63)(H,71,72)(H,73,74)/b37-14+,38-26+/t36-,39+,40+,41-,43-,44+,45-,47+,48-/m1/s1. The Kier molecular flexibility index (Phi) is 32.1. The minimum absolute atomic E-state index is 0.0164. The van der Waals surface area contributed by atoms with Crippen LogP contribution in [0, 0.1) is 17.8 Å². The van der Waals surface area contributed by atoms with Gasteiger partial charge < -0.3 is 60.8 Å². The van der Waals surface area contributed by atoms with Crippen LogP contribution < -0.4 is 27.0 Å². The van der Waals surface area contributed by atoms with Crippen LogP contribution in [0.1, 0.15) is 133 Å². The minimum atomic E-state index is -4.98. The lowest BCUT2D eigenvalue weighted by atomic mass is 9.90. The smallest absolute Gasteiger partial charge is 0.456 e. The van der Waals surface area contributed by atoms with Crippen molar-refractivity contribution in [2.75, 3.05) is 46.9 Å². The number of carbonyl (C=O) groups excluding carboxylic acids is 8. The summed E-state index contributed by atoms with van der Waals surface area (Å²) < 4.78 is 56.2. The van der Waals surface area contributed by atoms with E-state index in [0.29, 0.717) is 56.2 Å². The van der Waals surface area contributed by atoms with Gasteiger partial charge >= 0.3 is 33.7 Å². The Morgan fingerprint density at radius 1 is 0.854 bits per heavy atom. The molecule has 8 N–H and O–H groups in total. The van der Waals surface area contributed by atoms with E-state index in [1.807, 2.05) is 20.8 Å². The predicted octanol–water partition coefficient (Wildman–Crippen LogP) is 5.52. The van der Waals surface area contributed by atoms with E-state index < -0.39 is 124 Å². The Morgan fingerprint density at radius 3 is 2.02 bits per heavy atom. The molecule has 0 saturated heterocycles. The Hall–Kier alpha value is -5.52. The van der Waals surface area contributed by atoms with Crippen LogP contribution in [0.4, 0.5) is 4.79 Å². The molecule has 464 valence electrons. The molecule has 1 aliphatic heterocycles. The Bertz CT molecular complexity index is 2430. The van der Waals surface area contributed by atoms with E-state index in [-0.39, 0.29) is 56.9 Å². The van der Waals surface area contributed by atoms with E-state index in [2.05, 4.69) is 25.6 Å². The van der Waals surface area contributed by atoms with Gasteiger partial charge in [0.1, 0.15) is 36.4 Å². The molecule has 6 amide bonds. The highest BCUT2D eigenvalue weighted by Gasteiger charge is 2.39. The number of esters is 2. The number of carbonyl (C=O) groups is 8. The first-order valence-corrected chi connectivity index (χ1v) is 30.9. The van der Waals surface area contributed by atoms with Gasteiger partial charge in [0.25, 0.3) is 5.91 Å². The maximum Gasteiger partial charge on any atom is 0.481 e. The molecule has 0 aliphatic carbocycles. The summed E-state index contributed by atoms with van der Waals surface area (Å²) in [7, 11) is -7.09. The number of phosphoric acid groups is 2. The summed E-state index contributed by atoms with van der Waals surface area (Å²) in [5, 5.41) is 10.7. The number of rotatable bonds is 23. The monoisotopic (exact) mass is 1200 g/mol. The first-order valence-electron chi connectivity index (χ1n) is 27.9. The van der Waals surface area contributed by atoms with Crippen LogP contribution in [0.3, 0.4) is 0 Å². The highest BCUT2D eigenvalue weighted by atomic mass is 31.3. The fourth-order valence-corrected chi connectivity index (χ4v) is 10.6. The first-order chi connectivity index (χ1) is 38.5. The van der Waals surface area contributed by atoms with Crippen LogP contribution in [0.5, 0.6) is 0 Å². The summed E-state index contributed by atoms with van der Waals surface area (Å²) in [5.41, 5.74) is 6.67. The molecular weight excluding hydrogens is 1110 g/mol. The van der Waals surface area contributed by atoms with Crippen LogP contribution in [0.25, 0.3) is 0 Å². The third-order valence-electron chi connectivity index (χ3n) is 13.7. The number of hydrogen-bond donors (Lipinski definition) is 7. The second kappa shape index (κ2) is 36.2. The number of hydrogen-bond acceptors (Lipinski definition) is 17. The molecule has 82 heavy (non-hydrogen) atoms. The molecule has 0 saturated carbocycles. The number of cyclic esters (lactones) is 2. The maximum atomic E-state index is 14.3. The van der Waals surface area contributed by atoms with Gasteiger partial charge in [-0.25, -0.2) is 23.5 Å². The molecule has 0 radical (unpaired) electrons. The number of nitrogens with one attached hydrogen (secondary N) is 4. The molecule has 1 aromatic carbocycles. The summed E-state index contributed by atoms with van der Waals surface area (Å²) in [4.78, 5) is 134. The number of nitrogens with two attached hydrogens (primary N) is 1. The van der Waals surface area contributed by atoms with Gasteiger partial charge in [-0.15, -0.1) is 0 Å². The number of unbranched alkanes of at least 4 members (excludes halogenated alkanes) is 4. The van der Waals surface area contributed by atoms with E-state index in [4.69, 9.17) is 29.0 Å². The summed E-state index contributed by atoms with van der Waals surface area (Å²) in [6.45, 7) is 15.9. The van der Waals surface area contributed by atoms with Crippen LogP contribution in [0.2, 0.25) is 0 Å². The molecule has 1 aromatic rings. The van der Waals surface area contributed by atoms with Gasteiger partial charge in [-0.3, -0.25) is 33.0 Å². The van der Waals surface area contributed by atoms with Crippen molar-refractivity contribution in [2.24, 2.45) is 23.5 Å². The van der Waals surface area contributed by atoms with Crippen LogP contribution in [0.15, 0.2) is 53.6 Å². The summed E-state index contributed by atoms with van der Waals surface area (Å²) in [5.74, 6) is -6.71. The number of alkyl carbamates (subject to hydrolysis) is 1. The van der Waals surface area contributed by atoms with E-state index >= 15 is 0 Å². The van der Waals surface area contributed by atoms with Gasteiger partial charge in [0, 0.05) is 45.0 Å².